The molecule has 0 aromatic heterocycles. The molecule has 0 aliphatic carbocycles. The predicted molar refractivity (Wildman–Crippen MR) is 137 cm³/mol. The molecule has 9 nitrogen and oxygen atoms in total. The van der Waals surface area contributed by atoms with E-state index in [4.69, 9.17) is 16.2 Å². The number of rotatable bonds is 14. The van der Waals surface area contributed by atoms with Crippen molar-refractivity contribution < 1.29 is 4.74 Å². The second kappa shape index (κ2) is 14.1. The van der Waals surface area contributed by atoms with E-state index < -0.39 is 0 Å². The SMILES string of the molecule is C=C(CCCC(C)N)N[C@H]1NC(N2CCN[C@H](C)C2)NC(C(N)CC)=C1N(C)CCOCC. The first-order valence-electron chi connectivity index (χ1n) is 12.7. The summed E-state index contributed by atoms with van der Waals surface area (Å²) in [6.07, 6.45) is 3.67. The minimum atomic E-state index is -0.0940. The number of ether oxygens (including phenoxy) is 1. The molecule has 1 saturated heterocycles. The summed E-state index contributed by atoms with van der Waals surface area (Å²) in [5, 5.41) is 14.8. The summed E-state index contributed by atoms with van der Waals surface area (Å²) < 4.78 is 5.64. The third kappa shape index (κ3) is 8.73. The van der Waals surface area contributed by atoms with Gasteiger partial charge in [-0.2, -0.15) is 0 Å². The van der Waals surface area contributed by atoms with Gasteiger partial charge in [-0.3, -0.25) is 10.2 Å². The highest BCUT2D eigenvalue weighted by atomic mass is 16.5. The number of nitrogens with two attached hydrogens (primary N) is 2. The van der Waals surface area contributed by atoms with Gasteiger partial charge in [-0.05, 0) is 46.5 Å². The van der Waals surface area contributed by atoms with E-state index in [1.165, 1.54) is 0 Å². The molecule has 9 heteroatoms. The minimum Gasteiger partial charge on any atom is -0.380 e. The van der Waals surface area contributed by atoms with E-state index >= 15 is 0 Å². The molecule has 2 aliphatic rings. The molecule has 0 bridgehead atoms. The lowest BCUT2D eigenvalue weighted by atomic mass is 10.0. The highest BCUT2D eigenvalue weighted by molar-refractivity contribution is 5.26. The second-order valence-corrected chi connectivity index (χ2v) is 9.55. The van der Waals surface area contributed by atoms with Crippen LogP contribution >= 0.6 is 0 Å². The van der Waals surface area contributed by atoms with Crippen LogP contribution in [0, 0.1) is 0 Å². The van der Waals surface area contributed by atoms with Crippen LogP contribution in [0.1, 0.15) is 53.4 Å². The fourth-order valence-corrected chi connectivity index (χ4v) is 4.47. The van der Waals surface area contributed by atoms with Crippen LogP contribution < -0.4 is 32.7 Å². The number of allylic oxidation sites excluding steroid dienone is 1. The van der Waals surface area contributed by atoms with Crippen molar-refractivity contribution in [1.29, 1.82) is 0 Å². The molecule has 0 radical (unpaired) electrons. The Labute approximate surface area is 201 Å². The van der Waals surface area contributed by atoms with E-state index in [2.05, 4.69) is 65.5 Å². The van der Waals surface area contributed by atoms with Gasteiger partial charge in [0.05, 0.1) is 18.0 Å². The van der Waals surface area contributed by atoms with Crippen molar-refractivity contribution in [1.82, 2.24) is 31.1 Å². The molecule has 0 aromatic rings. The van der Waals surface area contributed by atoms with Crippen molar-refractivity contribution in [2.24, 2.45) is 11.5 Å². The second-order valence-electron chi connectivity index (χ2n) is 9.55. The average molecular weight is 467 g/mol. The topological polar surface area (TPSA) is 116 Å². The summed E-state index contributed by atoms with van der Waals surface area (Å²) in [6.45, 7) is 17.9. The standard InChI is InChI=1S/C24H50N8O/c1-7-20(26)21-22(31(6)14-15-33-8-2)23(28-18(4)11-9-10-17(3)25)30-24(29-21)32-13-12-27-19(5)16-32/h17,19-20,23-24,27-30H,4,7-16,25-26H2,1-3,5-6H3/t17?,19-,20?,23+,24?/m1/s1. The van der Waals surface area contributed by atoms with E-state index in [0.29, 0.717) is 19.3 Å². The Bertz CT molecular complexity index is 626. The van der Waals surface area contributed by atoms with Gasteiger partial charge >= 0.3 is 0 Å². The number of nitrogens with one attached hydrogen (secondary N) is 4. The number of piperazine rings is 1. The first-order chi connectivity index (χ1) is 15.8. The number of likely N-dealkylation sites (N-methyl/N-ethyl adjacent to an activating group) is 1. The maximum atomic E-state index is 6.66. The maximum absolute atomic E-state index is 6.66. The van der Waals surface area contributed by atoms with Crippen LogP contribution in [0.4, 0.5) is 0 Å². The minimum absolute atomic E-state index is 0.000515. The molecule has 192 valence electrons. The molecular weight excluding hydrogens is 416 g/mol. The Hall–Kier alpha value is -1.36. The monoisotopic (exact) mass is 466 g/mol. The van der Waals surface area contributed by atoms with Gasteiger partial charge in [0, 0.05) is 63.7 Å². The van der Waals surface area contributed by atoms with Crippen molar-refractivity contribution in [2.45, 2.75) is 84.0 Å². The van der Waals surface area contributed by atoms with Gasteiger partial charge in [-0.25, -0.2) is 0 Å². The molecule has 5 atom stereocenters. The van der Waals surface area contributed by atoms with E-state index in [-0.39, 0.29) is 24.5 Å². The molecule has 3 unspecified atom stereocenters. The molecule has 2 rings (SSSR count). The van der Waals surface area contributed by atoms with Crippen LogP contribution in [0.15, 0.2) is 23.7 Å². The maximum Gasteiger partial charge on any atom is 0.136 e. The van der Waals surface area contributed by atoms with Crippen molar-refractivity contribution in [3.8, 4) is 0 Å². The van der Waals surface area contributed by atoms with Gasteiger partial charge in [0.25, 0.3) is 0 Å². The zero-order valence-electron chi connectivity index (χ0n) is 21.6. The lowest BCUT2D eigenvalue weighted by Gasteiger charge is -2.47. The van der Waals surface area contributed by atoms with Gasteiger partial charge in [-0.1, -0.05) is 13.5 Å². The summed E-state index contributed by atoms with van der Waals surface area (Å²) in [7, 11) is 2.11. The summed E-state index contributed by atoms with van der Waals surface area (Å²) in [5.74, 6) is 0. The lowest BCUT2D eigenvalue weighted by molar-refractivity contribution is 0.0780. The first-order valence-corrected chi connectivity index (χ1v) is 12.7. The Kier molecular flexibility index (Phi) is 11.9. The largest absolute Gasteiger partial charge is 0.380 e. The molecule has 0 aromatic carbocycles. The average Bonchev–Trinajstić information content (AvgIpc) is 2.77. The van der Waals surface area contributed by atoms with Crippen LogP contribution in [0.25, 0.3) is 0 Å². The van der Waals surface area contributed by atoms with Crippen molar-refractivity contribution >= 4 is 0 Å². The Morgan fingerprint density at radius 2 is 2.12 bits per heavy atom. The predicted octanol–water partition coefficient (Wildman–Crippen LogP) is 0.621. The number of hydrogen-bond acceptors (Lipinski definition) is 9. The van der Waals surface area contributed by atoms with Crippen LogP contribution in [0.5, 0.6) is 0 Å². The summed E-state index contributed by atoms with van der Waals surface area (Å²) in [4.78, 5) is 4.71. The zero-order valence-corrected chi connectivity index (χ0v) is 21.6. The van der Waals surface area contributed by atoms with E-state index in [1.54, 1.807) is 0 Å². The molecule has 8 N–H and O–H groups in total. The Morgan fingerprint density at radius 3 is 2.76 bits per heavy atom. The van der Waals surface area contributed by atoms with E-state index in [9.17, 15) is 0 Å². The third-order valence-electron chi connectivity index (χ3n) is 6.41. The fourth-order valence-electron chi connectivity index (χ4n) is 4.47. The third-order valence-corrected chi connectivity index (χ3v) is 6.41. The number of nitrogens with zero attached hydrogens (tertiary/aromatic N) is 2. The van der Waals surface area contributed by atoms with Crippen LogP contribution in [-0.4, -0.2) is 86.8 Å². The van der Waals surface area contributed by atoms with Crippen LogP contribution in [-0.2, 0) is 4.74 Å². The summed E-state index contributed by atoms with van der Waals surface area (Å²) in [5.41, 5.74) is 15.8. The van der Waals surface area contributed by atoms with Crippen molar-refractivity contribution in [3.63, 3.8) is 0 Å². The van der Waals surface area contributed by atoms with Crippen molar-refractivity contribution in [3.05, 3.63) is 23.7 Å². The Morgan fingerprint density at radius 1 is 1.36 bits per heavy atom. The molecule has 0 saturated carbocycles. The van der Waals surface area contributed by atoms with Gasteiger partial charge < -0.3 is 37.1 Å². The quantitative estimate of drug-likeness (QED) is 0.205. The van der Waals surface area contributed by atoms with E-state index in [0.717, 1.165) is 69.0 Å². The van der Waals surface area contributed by atoms with Gasteiger partial charge in [-0.15, -0.1) is 0 Å². The summed E-state index contributed by atoms with van der Waals surface area (Å²) >= 11 is 0. The van der Waals surface area contributed by atoms with Gasteiger partial charge in [0.1, 0.15) is 12.5 Å². The molecule has 1 fully saturated rings. The van der Waals surface area contributed by atoms with Crippen LogP contribution in [0.3, 0.4) is 0 Å². The summed E-state index contributed by atoms with van der Waals surface area (Å²) in [6, 6.07) is 0.586. The zero-order chi connectivity index (χ0) is 24.4. The first kappa shape index (κ1) is 27.9. The Balaban J connectivity index is 2.27. The number of hydrogen-bond donors (Lipinski definition) is 6. The normalized spacial score (nSPS) is 26.0. The van der Waals surface area contributed by atoms with Gasteiger partial charge in [0.15, 0.2) is 0 Å². The molecular formula is C24H50N8O. The van der Waals surface area contributed by atoms with Gasteiger partial charge in [0.2, 0.25) is 0 Å². The molecule has 33 heavy (non-hydrogen) atoms. The molecule has 2 heterocycles. The smallest absolute Gasteiger partial charge is 0.136 e. The molecule has 2 aliphatic heterocycles. The highest BCUT2D eigenvalue weighted by Gasteiger charge is 2.36. The highest BCUT2D eigenvalue weighted by Crippen LogP contribution is 2.22. The van der Waals surface area contributed by atoms with E-state index in [1.807, 2.05) is 6.92 Å². The lowest BCUT2D eigenvalue weighted by Crippen LogP contribution is -2.69. The molecule has 0 amide bonds. The van der Waals surface area contributed by atoms with Crippen molar-refractivity contribution in [2.75, 3.05) is 46.4 Å². The van der Waals surface area contributed by atoms with Crippen LogP contribution in [0.2, 0.25) is 0 Å². The fraction of sp³-hybridized carbons (Fsp3) is 0.833. The molecule has 0 spiro atoms.